The van der Waals surface area contributed by atoms with Crippen molar-refractivity contribution in [2.24, 2.45) is 0 Å². The molecule has 0 unspecified atom stereocenters. The van der Waals surface area contributed by atoms with Crippen LogP contribution in [-0.4, -0.2) is 0 Å². The number of rotatable bonds is 1. The predicted molar refractivity (Wildman–Crippen MR) is 58.0 cm³/mol. The molecule has 0 spiro atoms. The molecular weight excluding hydrogens is 259 g/mol. The normalized spacial score (nSPS) is 8.87. The van der Waals surface area contributed by atoms with E-state index in [4.69, 9.17) is 10.5 Å². The van der Waals surface area contributed by atoms with Crippen molar-refractivity contribution in [1.29, 1.82) is 10.5 Å². The predicted octanol–water partition coefficient (Wildman–Crippen LogP) is 3.33. The number of nitrogens with zero attached hydrogens (tertiary/aromatic N) is 2. The summed E-state index contributed by atoms with van der Waals surface area (Å²) in [5.74, 6) is -0.469. The van der Waals surface area contributed by atoms with Gasteiger partial charge in [-0.2, -0.15) is 10.5 Å². The van der Waals surface area contributed by atoms with Crippen LogP contribution in [0.15, 0.2) is 22.2 Å². The minimum Gasteiger partial charge on any atom is -0.205 e. The molecule has 0 atom stereocenters. The second-order valence-corrected chi connectivity index (χ2v) is 3.79. The minimum absolute atomic E-state index is 0.119. The van der Waals surface area contributed by atoms with E-state index >= 15 is 0 Å². The summed E-state index contributed by atoms with van der Waals surface area (Å²) in [6.07, 6.45) is 1.23. The first kappa shape index (κ1) is 11.4. The molecule has 1 aromatic carbocycles. The van der Waals surface area contributed by atoms with Crippen molar-refractivity contribution in [2.45, 2.75) is 6.92 Å². The number of aryl methyl sites for hydroxylation is 1. The van der Waals surface area contributed by atoms with Crippen molar-refractivity contribution < 1.29 is 4.39 Å². The van der Waals surface area contributed by atoms with Gasteiger partial charge in [0.1, 0.15) is 23.5 Å². The molecule has 0 heterocycles. The summed E-state index contributed by atoms with van der Waals surface area (Å²) < 4.78 is 13.8. The average molecular weight is 265 g/mol. The first-order valence-electron chi connectivity index (χ1n) is 4.06. The number of hydrogen-bond acceptors (Lipinski definition) is 2. The number of hydrogen-bond donors (Lipinski definition) is 0. The van der Waals surface area contributed by atoms with Crippen LogP contribution in [0.3, 0.4) is 0 Å². The van der Waals surface area contributed by atoms with E-state index in [0.717, 1.165) is 5.56 Å². The third kappa shape index (κ3) is 2.65. The zero-order valence-corrected chi connectivity index (χ0v) is 9.47. The number of allylic oxidation sites excluding steroid dienone is 1. The van der Waals surface area contributed by atoms with Crippen molar-refractivity contribution in [3.63, 3.8) is 0 Å². The van der Waals surface area contributed by atoms with E-state index in [0.29, 0.717) is 4.47 Å². The lowest BCUT2D eigenvalue weighted by Gasteiger charge is -2.01. The van der Waals surface area contributed by atoms with Gasteiger partial charge in [-0.05, 0) is 46.6 Å². The summed E-state index contributed by atoms with van der Waals surface area (Å²) in [4.78, 5) is 0. The van der Waals surface area contributed by atoms with E-state index in [9.17, 15) is 4.39 Å². The summed E-state index contributed by atoms with van der Waals surface area (Å²) in [5.41, 5.74) is 0.969. The second-order valence-electron chi connectivity index (χ2n) is 2.93. The number of benzene rings is 1. The molecule has 0 amide bonds. The molecule has 74 valence electrons. The molecule has 1 rings (SSSR count). The molecule has 0 aromatic heterocycles. The standard InChI is InChI=1S/C11H6BrFN2/c1-7-2-9(4-8(5-14)6-15)11(13)10(12)3-7/h2-4H,1H3. The van der Waals surface area contributed by atoms with Gasteiger partial charge >= 0.3 is 0 Å². The highest BCUT2D eigenvalue weighted by atomic mass is 79.9. The number of halogens is 2. The Kier molecular flexibility index (Phi) is 3.60. The van der Waals surface area contributed by atoms with Crippen LogP contribution in [0.25, 0.3) is 6.08 Å². The van der Waals surface area contributed by atoms with Gasteiger partial charge in [0.05, 0.1) is 4.47 Å². The van der Waals surface area contributed by atoms with Crippen LogP contribution < -0.4 is 0 Å². The molecule has 0 radical (unpaired) electrons. The number of nitriles is 2. The van der Waals surface area contributed by atoms with E-state index in [1.54, 1.807) is 31.2 Å². The van der Waals surface area contributed by atoms with Gasteiger partial charge in [-0.3, -0.25) is 0 Å². The quantitative estimate of drug-likeness (QED) is 0.731. The second kappa shape index (κ2) is 4.72. The van der Waals surface area contributed by atoms with Crippen molar-refractivity contribution >= 4 is 22.0 Å². The van der Waals surface area contributed by atoms with Gasteiger partial charge in [0.15, 0.2) is 0 Å². The summed E-state index contributed by atoms with van der Waals surface area (Å²) in [5, 5.41) is 17.1. The van der Waals surface area contributed by atoms with Crippen LogP contribution in [0.5, 0.6) is 0 Å². The van der Waals surface area contributed by atoms with Crippen LogP contribution in [0.4, 0.5) is 4.39 Å². The van der Waals surface area contributed by atoms with Crippen LogP contribution in [-0.2, 0) is 0 Å². The Bertz CT molecular complexity index is 491. The fourth-order valence-corrected chi connectivity index (χ4v) is 1.69. The maximum absolute atomic E-state index is 13.5. The molecule has 0 N–H and O–H groups in total. The highest BCUT2D eigenvalue weighted by Gasteiger charge is 2.06. The molecule has 15 heavy (non-hydrogen) atoms. The maximum Gasteiger partial charge on any atom is 0.144 e. The van der Waals surface area contributed by atoms with Gasteiger partial charge in [-0.25, -0.2) is 4.39 Å². The van der Waals surface area contributed by atoms with E-state index in [1.165, 1.54) is 6.08 Å². The lowest BCUT2D eigenvalue weighted by atomic mass is 10.1. The van der Waals surface area contributed by atoms with Crippen LogP contribution in [0, 0.1) is 35.4 Å². The van der Waals surface area contributed by atoms with Crippen molar-refractivity contribution in [2.75, 3.05) is 0 Å². The minimum atomic E-state index is -0.469. The van der Waals surface area contributed by atoms with E-state index < -0.39 is 5.82 Å². The molecule has 1 aromatic rings. The molecule has 0 aliphatic heterocycles. The third-order valence-corrected chi connectivity index (χ3v) is 2.32. The zero-order chi connectivity index (χ0) is 11.4. The fourth-order valence-electron chi connectivity index (χ4n) is 1.10. The van der Waals surface area contributed by atoms with Crippen LogP contribution in [0.2, 0.25) is 0 Å². The summed E-state index contributed by atoms with van der Waals surface area (Å²) in [6.45, 7) is 1.81. The van der Waals surface area contributed by atoms with Crippen LogP contribution >= 0.6 is 15.9 Å². The first-order chi connectivity index (χ1) is 7.08. The SMILES string of the molecule is Cc1cc(Br)c(F)c(C=C(C#N)C#N)c1. The Morgan fingerprint density at radius 3 is 2.53 bits per heavy atom. The molecule has 0 aliphatic rings. The summed E-state index contributed by atoms with van der Waals surface area (Å²) >= 11 is 3.06. The average Bonchev–Trinajstić information content (AvgIpc) is 2.21. The molecule has 4 heteroatoms. The summed E-state index contributed by atoms with van der Waals surface area (Å²) in [7, 11) is 0. The lowest BCUT2D eigenvalue weighted by molar-refractivity contribution is 0.618. The molecule has 0 saturated carbocycles. The van der Waals surface area contributed by atoms with Crippen LogP contribution in [0.1, 0.15) is 11.1 Å². The molecule has 0 aliphatic carbocycles. The zero-order valence-electron chi connectivity index (χ0n) is 7.88. The van der Waals surface area contributed by atoms with Gasteiger partial charge in [0, 0.05) is 5.56 Å². The largest absolute Gasteiger partial charge is 0.205 e. The topological polar surface area (TPSA) is 47.6 Å². The monoisotopic (exact) mass is 264 g/mol. The van der Waals surface area contributed by atoms with E-state index in [-0.39, 0.29) is 11.1 Å². The van der Waals surface area contributed by atoms with Gasteiger partial charge in [0.2, 0.25) is 0 Å². The Morgan fingerprint density at radius 2 is 2.00 bits per heavy atom. The molecular formula is C11H6BrFN2. The Morgan fingerprint density at radius 1 is 1.40 bits per heavy atom. The van der Waals surface area contributed by atoms with E-state index in [1.807, 2.05) is 0 Å². The summed E-state index contributed by atoms with van der Waals surface area (Å²) in [6, 6.07) is 6.58. The maximum atomic E-state index is 13.5. The Labute approximate surface area is 95.4 Å². The Balaban J connectivity index is 3.35. The smallest absolute Gasteiger partial charge is 0.144 e. The molecule has 2 nitrogen and oxygen atoms in total. The van der Waals surface area contributed by atoms with Gasteiger partial charge in [0.25, 0.3) is 0 Å². The van der Waals surface area contributed by atoms with Gasteiger partial charge < -0.3 is 0 Å². The van der Waals surface area contributed by atoms with Crippen molar-refractivity contribution in [3.05, 3.63) is 39.1 Å². The lowest BCUT2D eigenvalue weighted by Crippen LogP contribution is -1.87. The third-order valence-electron chi connectivity index (χ3n) is 1.74. The molecule has 0 bridgehead atoms. The Hall–Kier alpha value is -1.65. The van der Waals surface area contributed by atoms with Crippen molar-refractivity contribution in [1.82, 2.24) is 0 Å². The molecule has 0 fully saturated rings. The molecule has 0 saturated heterocycles. The highest BCUT2D eigenvalue weighted by molar-refractivity contribution is 9.10. The van der Waals surface area contributed by atoms with Crippen molar-refractivity contribution in [3.8, 4) is 12.1 Å². The fraction of sp³-hybridized carbons (Fsp3) is 0.0909. The highest BCUT2D eigenvalue weighted by Crippen LogP contribution is 2.22. The first-order valence-corrected chi connectivity index (χ1v) is 4.85. The van der Waals surface area contributed by atoms with E-state index in [2.05, 4.69) is 15.9 Å². The van der Waals surface area contributed by atoms with Gasteiger partial charge in [-0.1, -0.05) is 0 Å². The van der Waals surface area contributed by atoms with Gasteiger partial charge in [-0.15, -0.1) is 0 Å².